The van der Waals surface area contributed by atoms with E-state index in [9.17, 15) is 0 Å². The number of hydrogen-bond acceptors (Lipinski definition) is 6. The number of hydrogen-bond donors (Lipinski definition) is 0. The summed E-state index contributed by atoms with van der Waals surface area (Å²) in [6, 6.07) is 2.64. The van der Waals surface area contributed by atoms with E-state index in [2.05, 4.69) is 32.3 Å². The summed E-state index contributed by atoms with van der Waals surface area (Å²) in [5.74, 6) is 2.86. The Kier molecular flexibility index (Phi) is 4.07. The summed E-state index contributed by atoms with van der Waals surface area (Å²) in [5, 5.41) is 4.31. The molecule has 20 heavy (non-hydrogen) atoms. The largest absolute Gasteiger partial charge is 0.378 e. The van der Waals surface area contributed by atoms with Gasteiger partial charge in [-0.3, -0.25) is 0 Å². The summed E-state index contributed by atoms with van der Waals surface area (Å²) in [6.07, 6.45) is 6.18. The van der Waals surface area contributed by atoms with Crippen LogP contribution in [-0.4, -0.2) is 51.3 Å². The van der Waals surface area contributed by atoms with Crippen LogP contribution >= 0.6 is 11.8 Å². The zero-order valence-electron chi connectivity index (χ0n) is 11.8. The van der Waals surface area contributed by atoms with Crippen molar-refractivity contribution >= 4 is 23.4 Å². The maximum atomic E-state index is 5.20. The van der Waals surface area contributed by atoms with Gasteiger partial charge in [0.25, 0.3) is 5.78 Å². The molecule has 2 aromatic heterocycles. The minimum Gasteiger partial charge on any atom is -0.378 e. The van der Waals surface area contributed by atoms with E-state index in [0.29, 0.717) is 18.4 Å². The highest BCUT2D eigenvalue weighted by Gasteiger charge is 2.27. The Hall–Kier alpha value is -1.34. The molecule has 3 heterocycles. The monoisotopic (exact) mass is 293 g/mol. The van der Waals surface area contributed by atoms with Crippen molar-refractivity contribution in [3.63, 3.8) is 0 Å². The third kappa shape index (κ3) is 2.47. The highest BCUT2D eigenvalue weighted by molar-refractivity contribution is 7.98. The lowest BCUT2D eigenvalue weighted by Crippen LogP contribution is -2.33. The first kappa shape index (κ1) is 13.6. The zero-order chi connectivity index (χ0) is 13.9. The first-order valence-corrected chi connectivity index (χ1v) is 8.17. The topological polar surface area (TPSA) is 55.6 Å². The summed E-state index contributed by atoms with van der Waals surface area (Å²) in [7, 11) is 1.68. The van der Waals surface area contributed by atoms with Crippen molar-refractivity contribution in [3.05, 3.63) is 18.1 Å². The number of methoxy groups -OCH3 is 1. The zero-order valence-corrected chi connectivity index (χ0v) is 12.6. The number of nitrogens with zero attached hydrogens (tertiary/aromatic N) is 5. The molecule has 108 valence electrons. The molecular formula is C13H19N5OS. The number of fused-ring (bicyclic) bond motifs is 1. The van der Waals surface area contributed by atoms with Crippen molar-refractivity contribution in [3.8, 4) is 0 Å². The summed E-state index contributed by atoms with van der Waals surface area (Å²) >= 11 is 1.89. The molecule has 0 radical (unpaired) electrons. The second-order valence-electron chi connectivity index (χ2n) is 4.96. The van der Waals surface area contributed by atoms with E-state index in [1.165, 1.54) is 12.8 Å². The fourth-order valence-electron chi connectivity index (χ4n) is 2.77. The summed E-state index contributed by atoms with van der Waals surface area (Å²) in [5.41, 5.74) is 0.901. The SMILES string of the molecule is COCc1cc(N2CCCC2CSC)n2ncnc2n1. The van der Waals surface area contributed by atoms with E-state index in [0.717, 1.165) is 23.8 Å². The highest BCUT2D eigenvalue weighted by atomic mass is 32.2. The lowest BCUT2D eigenvalue weighted by molar-refractivity contribution is 0.181. The minimum absolute atomic E-state index is 0.497. The molecule has 2 aromatic rings. The van der Waals surface area contributed by atoms with E-state index >= 15 is 0 Å². The van der Waals surface area contributed by atoms with E-state index in [1.54, 1.807) is 13.4 Å². The van der Waals surface area contributed by atoms with Crippen LogP contribution in [0.5, 0.6) is 0 Å². The van der Waals surface area contributed by atoms with Gasteiger partial charge in [0.15, 0.2) is 0 Å². The van der Waals surface area contributed by atoms with Gasteiger partial charge in [0, 0.05) is 31.5 Å². The fourth-order valence-corrected chi connectivity index (χ4v) is 3.50. The van der Waals surface area contributed by atoms with E-state index < -0.39 is 0 Å². The van der Waals surface area contributed by atoms with Crippen molar-refractivity contribution < 1.29 is 4.74 Å². The van der Waals surface area contributed by atoms with Crippen LogP contribution in [0, 0.1) is 0 Å². The number of aromatic nitrogens is 4. The van der Waals surface area contributed by atoms with Crippen LogP contribution in [0.1, 0.15) is 18.5 Å². The Bertz CT molecular complexity index is 587. The Labute approximate surface area is 122 Å². The van der Waals surface area contributed by atoms with Gasteiger partial charge >= 0.3 is 0 Å². The molecule has 0 amide bonds. The molecule has 0 aromatic carbocycles. The molecule has 1 aliphatic heterocycles. The van der Waals surface area contributed by atoms with Crippen LogP contribution < -0.4 is 4.90 Å². The smallest absolute Gasteiger partial charge is 0.254 e. The molecule has 0 spiro atoms. The quantitative estimate of drug-likeness (QED) is 0.834. The number of rotatable bonds is 5. The summed E-state index contributed by atoms with van der Waals surface area (Å²) in [6.45, 7) is 1.56. The standard InChI is InChI=1S/C13H19N5OS/c1-19-7-10-6-12(18-13(16-10)14-9-15-18)17-5-3-4-11(17)8-20-2/h6,9,11H,3-5,7-8H2,1-2H3. The van der Waals surface area contributed by atoms with Gasteiger partial charge in [-0.05, 0) is 19.1 Å². The molecule has 1 saturated heterocycles. The lowest BCUT2D eigenvalue weighted by Gasteiger charge is -2.26. The fraction of sp³-hybridized carbons (Fsp3) is 0.615. The number of thioether (sulfide) groups is 1. The average molecular weight is 293 g/mol. The van der Waals surface area contributed by atoms with E-state index in [1.807, 2.05) is 16.3 Å². The first-order chi connectivity index (χ1) is 9.83. The molecule has 7 heteroatoms. The minimum atomic E-state index is 0.497. The molecule has 1 unspecified atom stereocenters. The van der Waals surface area contributed by atoms with Gasteiger partial charge in [0.1, 0.15) is 12.1 Å². The Morgan fingerprint density at radius 3 is 3.20 bits per heavy atom. The van der Waals surface area contributed by atoms with Gasteiger partial charge in [-0.15, -0.1) is 0 Å². The molecule has 1 aliphatic rings. The van der Waals surface area contributed by atoms with Gasteiger partial charge in [0.05, 0.1) is 12.3 Å². The molecule has 1 fully saturated rings. The van der Waals surface area contributed by atoms with Gasteiger partial charge in [-0.25, -0.2) is 4.98 Å². The van der Waals surface area contributed by atoms with Crippen molar-refractivity contribution in [1.82, 2.24) is 19.6 Å². The van der Waals surface area contributed by atoms with Gasteiger partial charge in [0.2, 0.25) is 0 Å². The Morgan fingerprint density at radius 2 is 2.40 bits per heavy atom. The molecule has 1 atom stereocenters. The number of ether oxygens (including phenoxy) is 1. The van der Waals surface area contributed by atoms with Crippen LogP contribution in [0.3, 0.4) is 0 Å². The maximum absolute atomic E-state index is 5.20. The van der Waals surface area contributed by atoms with Crippen molar-refractivity contribution in [2.45, 2.75) is 25.5 Å². The second-order valence-corrected chi connectivity index (χ2v) is 5.87. The summed E-state index contributed by atoms with van der Waals surface area (Å²) < 4.78 is 7.03. The molecular weight excluding hydrogens is 274 g/mol. The van der Waals surface area contributed by atoms with E-state index in [-0.39, 0.29) is 0 Å². The molecule has 0 aliphatic carbocycles. The van der Waals surface area contributed by atoms with Gasteiger partial charge in [-0.2, -0.15) is 26.4 Å². The van der Waals surface area contributed by atoms with Crippen LogP contribution in [0.15, 0.2) is 12.4 Å². The van der Waals surface area contributed by atoms with Gasteiger partial charge in [-0.1, -0.05) is 0 Å². The maximum Gasteiger partial charge on any atom is 0.254 e. The van der Waals surface area contributed by atoms with Crippen LogP contribution in [0.2, 0.25) is 0 Å². The van der Waals surface area contributed by atoms with Crippen molar-refractivity contribution in [2.75, 3.05) is 30.6 Å². The Balaban J connectivity index is 2.02. The highest BCUT2D eigenvalue weighted by Crippen LogP contribution is 2.27. The van der Waals surface area contributed by atoms with Crippen molar-refractivity contribution in [1.29, 1.82) is 0 Å². The van der Waals surface area contributed by atoms with E-state index in [4.69, 9.17) is 4.74 Å². The predicted molar refractivity (Wildman–Crippen MR) is 80.2 cm³/mol. The molecule has 0 saturated carbocycles. The van der Waals surface area contributed by atoms with Gasteiger partial charge < -0.3 is 9.64 Å². The number of anilines is 1. The third-order valence-electron chi connectivity index (χ3n) is 3.61. The average Bonchev–Trinajstić information content (AvgIpc) is 3.07. The second kappa shape index (κ2) is 5.97. The normalized spacial score (nSPS) is 19.1. The van der Waals surface area contributed by atoms with Crippen molar-refractivity contribution in [2.24, 2.45) is 0 Å². The third-order valence-corrected chi connectivity index (χ3v) is 4.33. The Morgan fingerprint density at radius 1 is 1.50 bits per heavy atom. The molecule has 3 rings (SSSR count). The summed E-state index contributed by atoms with van der Waals surface area (Å²) in [4.78, 5) is 11.1. The van der Waals surface area contributed by atoms with Crippen LogP contribution in [-0.2, 0) is 11.3 Å². The lowest BCUT2D eigenvalue weighted by atomic mass is 10.2. The predicted octanol–water partition coefficient (Wildman–Crippen LogP) is 1.60. The molecule has 0 N–H and O–H groups in total. The van der Waals surface area contributed by atoms with Crippen LogP contribution in [0.25, 0.3) is 5.78 Å². The molecule has 0 bridgehead atoms. The first-order valence-electron chi connectivity index (χ1n) is 6.77. The van der Waals surface area contributed by atoms with Crippen LogP contribution in [0.4, 0.5) is 5.82 Å². The molecule has 6 nitrogen and oxygen atoms in total.